The van der Waals surface area contributed by atoms with Crippen LogP contribution in [-0.4, -0.2) is 21.1 Å². The van der Waals surface area contributed by atoms with Gasteiger partial charge in [-0.2, -0.15) is 0 Å². The van der Waals surface area contributed by atoms with Crippen molar-refractivity contribution in [1.82, 2.24) is 0 Å². The van der Waals surface area contributed by atoms with Gasteiger partial charge in [-0.05, 0) is 12.8 Å². The van der Waals surface area contributed by atoms with Crippen molar-refractivity contribution < 1.29 is 4.74 Å². The first kappa shape index (κ1) is 10.0. The van der Waals surface area contributed by atoms with Crippen LogP contribution >= 0.6 is 0 Å². The molecule has 1 aliphatic rings. The number of hydrogen-bond acceptors (Lipinski definition) is 1. The Morgan fingerprint density at radius 2 is 1.80 bits per heavy atom. The minimum atomic E-state index is 0.884. The summed E-state index contributed by atoms with van der Waals surface area (Å²) >= 11 is 0. The standard InChI is InChI=1S/C4H11B.C4H8O/c1-3-4(2)5;1-2-4-5-3-1/h4H,3,5H2,1-2H3;1-4H2. The van der Waals surface area contributed by atoms with Crippen molar-refractivity contribution in [2.24, 2.45) is 0 Å². The fourth-order valence-electron chi connectivity index (χ4n) is 0.510. The Morgan fingerprint density at radius 3 is 1.90 bits per heavy atom. The van der Waals surface area contributed by atoms with Crippen LogP contribution in [0, 0.1) is 0 Å². The molecular weight excluding hydrogens is 123 g/mol. The van der Waals surface area contributed by atoms with Gasteiger partial charge in [-0.15, -0.1) is 0 Å². The highest BCUT2D eigenvalue weighted by Crippen LogP contribution is 1.98. The maximum Gasteiger partial charge on any atom is 0.105 e. The van der Waals surface area contributed by atoms with E-state index in [0.717, 1.165) is 19.0 Å². The Balaban J connectivity index is 0.000000162. The largest absolute Gasteiger partial charge is 0.381 e. The van der Waals surface area contributed by atoms with Crippen LogP contribution in [0.2, 0.25) is 5.82 Å². The molecule has 0 radical (unpaired) electrons. The van der Waals surface area contributed by atoms with E-state index in [-0.39, 0.29) is 0 Å². The molecule has 0 aromatic rings. The van der Waals surface area contributed by atoms with Gasteiger partial charge in [0.05, 0.1) is 0 Å². The summed E-state index contributed by atoms with van der Waals surface area (Å²) in [6.45, 7) is 6.42. The Morgan fingerprint density at radius 1 is 1.40 bits per heavy atom. The van der Waals surface area contributed by atoms with E-state index in [2.05, 4.69) is 21.7 Å². The van der Waals surface area contributed by atoms with Crippen LogP contribution in [0.3, 0.4) is 0 Å². The topological polar surface area (TPSA) is 9.23 Å². The first-order valence-corrected chi connectivity index (χ1v) is 4.35. The van der Waals surface area contributed by atoms with Gasteiger partial charge in [0.1, 0.15) is 7.85 Å². The lowest BCUT2D eigenvalue weighted by Crippen LogP contribution is -1.76. The molecule has 0 saturated carbocycles. The Hall–Kier alpha value is 0.0249. The second kappa shape index (κ2) is 7.14. The van der Waals surface area contributed by atoms with Crippen molar-refractivity contribution in [3.05, 3.63) is 0 Å². The quantitative estimate of drug-likeness (QED) is 0.505. The van der Waals surface area contributed by atoms with Crippen molar-refractivity contribution in [1.29, 1.82) is 0 Å². The molecule has 60 valence electrons. The average molecular weight is 142 g/mol. The smallest absolute Gasteiger partial charge is 0.105 e. The average Bonchev–Trinajstić information content (AvgIpc) is 2.43. The summed E-state index contributed by atoms with van der Waals surface area (Å²) in [5, 5.41) is 0. The molecule has 2 heteroatoms. The SMILES string of the molecule is BC(C)CC.C1CCOC1. The molecule has 1 atom stereocenters. The van der Waals surface area contributed by atoms with E-state index < -0.39 is 0 Å². The highest BCUT2D eigenvalue weighted by molar-refractivity contribution is 6.11. The molecule has 0 amide bonds. The molecule has 0 aromatic carbocycles. The van der Waals surface area contributed by atoms with Crippen LogP contribution < -0.4 is 0 Å². The number of rotatable bonds is 1. The Bertz CT molecular complexity index is 52.7. The first-order chi connectivity index (χ1) is 4.77. The molecule has 1 aliphatic heterocycles. The summed E-state index contributed by atoms with van der Waals surface area (Å²) in [5.41, 5.74) is 0. The van der Waals surface area contributed by atoms with Crippen LogP contribution in [0.25, 0.3) is 0 Å². The first-order valence-electron chi connectivity index (χ1n) is 4.35. The molecule has 0 aliphatic carbocycles. The maximum atomic E-state index is 4.94. The maximum absolute atomic E-state index is 4.94. The molecule has 0 aromatic heterocycles. The normalized spacial score (nSPS) is 19.4. The zero-order valence-electron chi connectivity index (χ0n) is 7.52. The summed E-state index contributed by atoms with van der Waals surface area (Å²) in [6.07, 6.45) is 3.86. The molecule has 1 nitrogen and oxygen atoms in total. The van der Waals surface area contributed by atoms with Gasteiger partial charge >= 0.3 is 0 Å². The van der Waals surface area contributed by atoms with E-state index in [1.807, 2.05) is 0 Å². The molecule has 1 unspecified atom stereocenters. The molecule has 0 N–H and O–H groups in total. The van der Waals surface area contributed by atoms with Crippen LogP contribution in [-0.2, 0) is 4.74 Å². The third-order valence-electron chi connectivity index (χ3n) is 1.64. The van der Waals surface area contributed by atoms with Crippen molar-refractivity contribution in [2.75, 3.05) is 13.2 Å². The Kier molecular flexibility index (Phi) is 7.15. The van der Waals surface area contributed by atoms with E-state index in [1.165, 1.54) is 19.3 Å². The van der Waals surface area contributed by atoms with E-state index in [0.29, 0.717) is 0 Å². The highest BCUT2D eigenvalue weighted by atomic mass is 16.5. The number of hydrogen-bond donors (Lipinski definition) is 0. The second-order valence-electron chi connectivity index (χ2n) is 3.12. The van der Waals surface area contributed by atoms with Crippen molar-refractivity contribution in [3.8, 4) is 0 Å². The van der Waals surface area contributed by atoms with Crippen molar-refractivity contribution in [3.63, 3.8) is 0 Å². The molecule has 1 rings (SSSR count). The van der Waals surface area contributed by atoms with Gasteiger partial charge in [0.25, 0.3) is 0 Å². The van der Waals surface area contributed by atoms with E-state index in [1.54, 1.807) is 0 Å². The van der Waals surface area contributed by atoms with Gasteiger partial charge in [-0.25, -0.2) is 0 Å². The Labute approximate surface area is 65.6 Å². The van der Waals surface area contributed by atoms with Gasteiger partial charge < -0.3 is 4.74 Å². The van der Waals surface area contributed by atoms with Crippen molar-refractivity contribution in [2.45, 2.75) is 38.9 Å². The second-order valence-corrected chi connectivity index (χ2v) is 3.12. The summed E-state index contributed by atoms with van der Waals surface area (Å²) in [4.78, 5) is 0. The summed E-state index contributed by atoms with van der Waals surface area (Å²) < 4.78 is 4.94. The monoisotopic (exact) mass is 142 g/mol. The molecular formula is C8H19BO. The molecule has 1 heterocycles. The third-order valence-corrected chi connectivity index (χ3v) is 1.64. The van der Waals surface area contributed by atoms with E-state index >= 15 is 0 Å². The summed E-state index contributed by atoms with van der Waals surface area (Å²) in [5.74, 6) is 0.884. The van der Waals surface area contributed by atoms with Gasteiger partial charge in [0.2, 0.25) is 0 Å². The van der Waals surface area contributed by atoms with Gasteiger partial charge in [0, 0.05) is 13.2 Å². The summed E-state index contributed by atoms with van der Waals surface area (Å²) in [6, 6.07) is 0. The predicted octanol–water partition coefficient (Wildman–Crippen LogP) is 1.63. The van der Waals surface area contributed by atoms with Crippen LogP contribution in [0.5, 0.6) is 0 Å². The molecule has 1 fully saturated rings. The fraction of sp³-hybridized carbons (Fsp3) is 1.00. The number of ether oxygens (including phenoxy) is 1. The molecule has 10 heavy (non-hydrogen) atoms. The summed E-state index contributed by atoms with van der Waals surface area (Å²) in [7, 11) is 2.22. The fourth-order valence-corrected chi connectivity index (χ4v) is 0.510. The minimum absolute atomic E-state index is 0.884. The minimum Gasteiger partial charge on any atom is -0.381 e. The van der Waals surface area contributed by atoms with Crippen LogP contribution in [0.15, 0.2) is 0 Å². The lowest BCUT2D eigenvalue weighted by atomic mass is 9.88. The zero-order valence-corrected chi connectivity index (χ0v) is 7.52. The van der Waals surface area contributed by atoms with Crippen LogP contribution in [0.4, 0.5) is 0 Å². The molecule has 1 saturated heterocycles. The lowest BCUT2D eigenvalue weighted by Gasteiger charge is -1.90. The van der Waals surface area contributed by atoms with E-state index in [4.69, 9.17) is 4.74 Å². The van der Waals surface area contributed by atoms with Gasteiger partial charge in [0.15, 0.2) is 0 Å². The third kappa shape index (κ3) is 8.02. The zero-order chi connectivity index (χ0) is 7.82. The van der Waals surface area contributed by atoms with Gasteiger partial charge in [-0.1, -0.05) is 26.1 Å². The van der Waals surface area contributed by atoms with Gasteiger partial charge in [-0.3, -0.25) is 0 Å². The lowest BCUT2D eigenvalue weighted by molar-refractivity contribution is 0.198. The highest BCUT2D eigenvalue weighted by Gasteiger charge is 1.94. The van der Waals surface area contributed by atoms with Crippen molar-refractivity contribution >= 4 is 7.85 Å². The van der Waals surface area contributed by atoms with E-state index in [9.17, 15) is 0 Å². The predicted molar refractivity (Wildman–Crippen MR) is 48.3 cm³/mol. The molecule has 0 bridgehead atoms. The molecule has 0 spiro atoms. The van der Waals surface area contributed by atoms with Crippen LogP contribution in [0.1, 0.15) is 33.1 Å².